The second-order valence-corrected chi connectivity index (χ2v) is 7.26. The Morgan fingerprint density at radius 2 is 1.96 bits per heavy atom. The SMILES string of the molecule is CC1CN(C(=O)CCCc2nc3ccccc3c(=O)[nH]2)Cc2ccccc21. The summed E-state index contributed by atoms with van der Waals surface area (Å²) >= 11 is 0. The van der Waals surface area contributed by atoms with Gasteiger partial charge in [0.25, 0.3) is 5.56 Å². The molecule has 5 heteroatoms. The van der Waals surface area contributed by atoms with Gasteiger partial charge in [-0.15, -0.1) is 0 Å². The standard InChI is InChI=1S/C22H23N3O2/c1-15-13-25(14-16-7-2-3-8-17(15)16)21(26)12-6-11-20-23-19-10-5-4-9-18(19)22(27)24-20/h2-5,7-10,15H,6,11-14H2,1H3,(H,23,24,27). The number of carbonyl (C=O) groups excluding carboxylic acids is 1. The molecule has 2 aromatic carbocycles. The zero-order valence-corrected chi connectivity index (χ0v) is 15.4. The van der Waals surface area contributed by atoms with Crippen LogP contribution in [-0.2, 0) is 17.8 Å². The number of fused-ring (bicyclic) bond motifs is 2. The van der Waals surface area contributed by atoms with Crippen LogP contribution in [0.25, 0.3) is 10.9 Å². The number of aryl methyl sites for hydroxylation is 1. The van der Waals surface area contributed by atoms with Crippen molar-refractivity contribution >= 4 is 16.8 Å². The molecule has 27 heavy (non-hydrogen) atoms. The van der Waals surface area contributed by atoms with Crippen molar-refractivity contribution in [2.24, 2.45) is 0 Å². The molecule has 1 unspecified atom stereocenters. The highest BCUT2D eigenvalue weighted by atomic mass is 16.2. The molecule has 0 spiro atoms. The number of aromatic amines is 1. The number of benzene rings is 2. The van der Waals surface area contributed by atoms with Crippen LogP contribution in [0.5, 0.6) is 0 Å². The lowest BCUT2D eigenvalue weighted by molar-refractivity contribution is -0.132. The third-order valence-electron chi connectivity index (χ3n) is 5.26. The van der Waals surface area contributed by atoms with Gasteiger partial charge < -0.3 is 9.88 Å². The Hall–Kier alpha value is -2.95. The Morgan fingerprint density at radius 1 is 1.19 bits per heavy atom. The topological polar surface area (TPSA) is 66.1 Å². The van der Waals surface area contributed by atoms with Crippen LogP contribution < -0.4 is 5.56 Å². The van der Waals surface area contributed by atoms with Crippen molar-refractivity contribution in [2.45, 2.75) is 38.6 Å². The van der Waals surface area contributed by atoms with Gasteiger partial charge >= 0.3 is 0 Å². The maximum Gasteiger partial charge on any atom is 0.258 e. The van der Waals surface area contributed by atoms with Crippen LogP contribution in [0, 0.1) is 0 Å². The molecule has 0 saturated carbocycles. The number of amides is 1. The summed E-state index contributed by atoms with van der Waals surface area (Å²) in [6.07, 6.45) is 1.73. The maximum atomic E-state index is 12.7. The molecule has 4 rings (SSSR count). The van der Waals surface area contributed by atoms with E-state index in [-0.39, 0.29) is 11.5 Å². The van der Waals surface area contributed by atoms with E-state index >= 15 is 0 Å². The van der Waals surface area contributed by atoms with Crippen molar-refractivity contribution in [3.05, 3.63) is 75.8 Å². The van der Waals surface area contributed by atoms with Crippen LogP contribution in [-0.4, -0.2) is 27.3 Å². The lowest BCUT2D eigenvalue weighted by atomic mass is 9.91. The van der Waals surface area contributed by atoms with Crippen LogP contribution in [0.1, 0.15) is 42.6 Å². The third kappa shape index (κ3) is 3.63. The van der Waals surface area contributed by atoms with E-state index in [4.69, 9.17) is 0 Å². The Morgan fingerprint density at radius 3 is 2.85 bits per heavy atom. The highest BCUT2D eigenvalue weighted by Crippen LogP contribution is 2.28. The predicted octanol–water partition coefficient (Wildman–Crippen LogP) is 3.39. The molecule has 0 saturated heterocycles. The minimum absolute atomic E-state index is 0.122. The van der Waals surface area contributed by atoms with E-state index in [1.165, 1.54) is 11.1 Å². The summed E-state index contributed by atoms with van der Waals surface area (Å²) in [4.78, 5) is 34.1. The second kappa shape index (κ2) is 7.35. The van der Waals surface area contributed by atoms with Gasteiger partial charge in [-0.3, -0.25) is 9.59 Å². The van der Waals surface area contributed by atoms with Gasteiger partial charge in [-0.25, -0.2) is 4.98 Å². The number of carbonyl (C=O) groups is 1. The largest absolute Gasteiger partial charge is 0.338 e. The first kappa shape index (κ1) is 17.5. The molecule has 1 aliphatic heterocycles. The smallest absolute Gasteiger partial charge is 0.258 e. The highest BCUT2D eigenvalue weighted by Gasteiger charge is 2.24. The summed E-state index contributed by atoms with van der Waals surface area (Å²) in [6.45, 7) is 3.62. The highest BCUT2D eigenvalue weighted by molar-refractivity contribution is 5.77. The number of para-hydroxylation sites is 1. The molecule has 0 fully saturated rings. The van der Waals surface area contributed by atoms with Crippen molar-refractivity contribution in [3.63, 3.8) is 0 Å². The molecular formula is C22H23N3O2. The van der Waals surface area contributed by atoms with E-state index in [1.807, 2.05) is 29.2 Å². The molecule has 1 aliphatic rings. The van der Waals surface area contributed by atoms with Crippen LogP contribution in [0.4, 0.5) is 0 Å². The van der Waals surface area contributed by atoms with E-state index in [0.29, 0.717) is 48.5 Å². The summed E-state index contributed by atoms with van der Waals surface area (Å²) in [5.41, 5.74) is 3.16. The molecule has 0 radical (unpaired) electrons. The summed E-state index contributed by atoms with van der Waals surface area (Å²) in [7, 11) is 0. The van der Waals surface area contributed by atoms with Gasteiger partial charge in [-0.2, -0.15) is 0 Å². The van der Waals surface area contributed by atoms with E-state index < -0.39 is 0 Å². The van der Waals surface area contributed by atoms with Gasteiger partial charge in [0.1, 0.15) is 5.82 Å². The lowest BCUT2D eigenvalue weighted by Gasteiger charge is -2.33. The molecule has 1 atom stereocenters. The fourth-order valence-corrected chi connectivity index (χ4v) is 3.87. The lowest BCUT2D eigenvalue weighted by Crippen LogP contribution is -2.37. The number of hydrogen-bond acceptors (Lipinski definition) is 3. The van der Waals surface area contributed by atoms with Gasteiger partial charge in [0, 0.05) is 25.9 Å². The molecule has 5 nitrogen and oxygen atoms in total. The van der Waals surface area contributed by atoms with E-state index in [9.17, 15) is 9.59 Å². The number of rotatable bonds is 4. The van der Waals surface area contributed by atoms with Crippen LogP contribution >= 0.6 is 0 Å². The average molecular weight is 361 g/mol. The minimum Gasteiger partial charge on any atom is -0.338 e. The maximum absolute atomic E-state index is 12.7. The summed E-state index contributed by atoms with van der Waals surface area (Å²) in [6, 6.07) is 15.7. The minimum atomic E-state index is -0.122. The van der Waals surface area contributed by atoms with E-state index in [0.717, 1.165) is 6.54 Å². The van der Waals surface area contributed by atoms with Crippen LogP contribution in [0.3, 0.4) is 0 Å². The van der Waals surface area contributed by atoms with Crippen molar-refractivity contribution in [2.75, 3.05) is 6.54 Å². The Bertz CT molecular complexity index is 1040. The van der Waals surface area contributed by atoms with Gasteiger partial charge in [0.05, 0.1) is 10.9 Å². The quantitative estimate of drug-likeness (QED) is 0.775. The Kier molecular flexibility index (Phi) is 4.75. The van der Waals surface area contributed by atoms with Gasteiger partial charge in [-0.05, 0) is 35.6 Å². The molecule has 138 valence electrons. The first-order chi connectivity index (χ1) is 13.1. The van der Waals surface area contributed by atoms with Crippen molar-refractivity contribution in [1.29, 1.82) is 0 Å². The molecule has 2 heterocycles. The van der Waals surface area contributed by atoms with Crippen molar-refractivity contribution in [3.8, 4) is 0 Å². The Labute approximate surface area is 158 Å². The monoisotopic (exact) mass is 361 g/mol. The normalized spacial score (nSPS) is 16.3. The zero-order valence-electron chi connectivity index (χ0n) is 15.4. The first-order valence-electron chi connectivity index (χ1n) is 9.45. The van der Waals surface area contributed by atoms with Gasteiger partial charge in [0.2, 0.25) is 5.91 Å². The average Bonchev–Trinajstić information content (AvgIpc) is 2.68. The molecule has 1 amide bonds. The number of nitrogens with zero attached hydrogens (tertiary/aromatic N) is 2. The number of nitrogens with one attached hydrogen (secondary N) is 1. The second-order valence-electron chi connectivity index (χ2n) is 7.26. The fraction of sp³-hybridized carbons (Fsp3) is 0.318. The summed E-state index contributed by atoms with van der Waals surface area (Å²) in [5.74, 6) is 1.17. The summed E-state index contributed by atoms with van der Waals surface area (Å²) in [5, 5.41) is 0.596. The molecule has 1 N–H and O–H groups in total. The predicted molar refractivity (Wildman–Crippen MR) is 106 cm³/mol. The fourth-order valence-electron chi connectivity index (χ4n) is 3.87. The molecule has 1 aromatic heterocycles. The van der Waals surface area contributed by atoms with Crippen molar-refractivity contribution in [1.82, 2.24) is 14.9 Å². The van der Waals surface area contributed by atoms with E-state index in [1.54, 1.807) is 6.07 Å². The van der Waals surface area contributed by atoms with Gasteiger partial charge in [-0.1, -0.05) is 43.3 Å². The summed E-state index contributed by atoms with van der Waals surface area (Å²) < 4.78 is 0. The molecule has 0 aliphatic carbocycles. The third-order valence-corrected chi connectivity index (χ3v) is 5.26. The molecular weight excluding hydrogens is 338 g/mol. The van der Waals surface area contributed by atoms with E-state index in [2.05, 4.69) is 35.1 Å². The van der Waals surface area contributed by atoms with Crippen molar-refractivity contribution < 1.29 is 4.79 Å². The first-order valence-corrected chi connectivity index (χ1v) is 9.45. The molecule has 3 aromatic rings. The Balaban J connectivity index is 1.38. The van der Waals surface area contributed by atoms with Crippen LogP contribution in [0.15, 0.2) is 53.3 Å². The number of hydrogen-bond donors (Lipinski definition) is 1. The van der Waals surface area contributed by atoms with Gasteiger partial charge in [0.15, 0.2) is 0 Å². The molecule has 0 bridgehead atoms. The zero-order chi connectivity index (χ0) is 18.8. The number of H-pyrrole nitrogens is 1. The van der Waals surface area contributed by atoms with Crippen LogP contribution in [0.2, 0.25) is 0 Å². The number of aromatic nitrogens is 2.